The normalized spacial score (nSPS) is 10.6. The highest BCUT2D eigenvalue weighted by Crippen LogP contribution is 2.08. The summed E-state index contributed by atoms with van der Waals surface area (Å²) in [5.74, 6) is -0.641. The highest BCUT2D eigenvalue weighted by atomic mass is 19.1. The number of carbonyl (C=O) groups excluding carboxylic acids is 1. The third-order valence-corrected chi connectivity index (χ3v) is 3.03. The molecule has 0 aliphatic rings. The van der Waals surface area contributed by atoms with Crippen molar-refractivity contribution in [1.29, 1.82) is 0 Å². The molecule has 0 saturated carbocycles. The number of aromatic nitrogens is 2. The van der Waals surface area contributed by atoms with Gasteiger partial charge >= 0.3 is 5.69 Å². The Morgan fingerprint density at radius 1 is 1.30 bits per heavy atom. The Balaban J connectivity index is 2.17. The average molecular weight is 274 g/mol. The van der Waals surface area contributed by atoms with Gasteiger partial charge in [0.15, 0.2) is 5.78 Å². The van der Waals surface area contributed by atoms with Gasteiger partial charge in [0, 0.05) is 17.8 Å². The lowest BCUT2D eigenvalue weighted by Crippen LogP contribution is -2.29. The molecule has 0 saturated heterocycles. The van der Waals surface area contributed by atoms with E-state index in [0.717, 1.165) is 0 Å². The summed E-state index contributed by atoms with van der Waals surface area (Å²) in [5.41, 5.74) is 1.17. The van der Waals surface area contributed by atoms with Gasteiger partial charge in [-0.1, -0.05) is 18.2 Å². The molecule has 0 aliphatic carbocycles. The molecule has 5 heteroatoms. The molecule has 2 aromatic rings. The van der Waals surface area contributed by atoms with E-state index in [2.05, 4.69) is 4.98 Å². The molecule has 0 radical (unpaired) electrons. The van der Waals surface area contributed by atoms with Crippen LogP contribution in [-0.2, 0) is 17.8 Å². The molecule has 20 heavy (non-hydrogen) atoms. The van der Waals surface area contributed by atoms with Crippen molar-refractivity contribution in [2.75, 3.05) is 0 Å². The second-order valence-corrected chi connectivity index (χ2v) is 4.71. The van der Waals surface area contributed by atoms with Crippen molar-refractivity contribution in [2.45, 2.75) is 26.8 Å². The molecule has 0 amide bonds. The van der Waals surface area contributed by atoms with Gasteiger partial charge in [0.1, 0.15) is 5.82 Å². The molecule has 0 fully saturated rings. The van der Waals surface area contributed by atoms with Crippen LogP contribution in [0.3, 0.4) is 0 Å². The SMILES string of the molecule is Cc1cc(C)n(CC(=O)Cc2ccccc2F)c(=O)n1. The number of ketones is 1. The van der Waals surface area contributed by atoms with Crippen molar-refractivity contribution >= 4 is 5.78 Å². The molecule has 0 aliphatic heterocycles. The van der Waals surface area contributed by atoms with Gasteiger partial charge in [0.25, 0.3) is 0 Å². The van der Waals surface area contributed by atoms with Gasteiger partial charge in [-0.2, -0.15) is 4.98 Å². The number of hydrogen-bond donors (Lipinski definition) is 0. The van der Waals surface area contributed by atoms with Gasteiger partial charge in [0.2, 0.25) is 0 Å². The van der Waals surface area contributed by atoms with E-state index in [1.165, 1.54) is 10.6 Å². The minimum absolute atomic E-state index is 0.0353. The van der Waals surface area contributed by atoms with Gasteiger partial charge in [-0.3, -0.25) is 9.36 Å². The topological polar surface area (TPSA) is 52.0 Å². The molecule has 0 N–H and O–H groups in total. The third kappa shape index (κ3) is 3.17. The Labute approximate surface area is 115 Å². The van der Waals surface area contributed by atoms with Crippen LogP contribution in [0.4, 0.5) is 4.39 Å². The number of nitrogens with zero attached hydrogens (tertiary/aromatic N) is 2. The van der Waals surface area contributed by atoms with E-state index in [1.54, 1.807) is 38.1 Å². The Bertz CT molecular complexity index is 707. The molecule has 0 bridgehead atoms. The van der Waals surface area contributed by atoms with E-state index < -0.39 is 11.5 Å². The van der Waals surface area contributed by atoms with E-state index in [1.807, 2.05) is 0 Å². The number of halogens is 1. The molecular weight excluding hydrogens is 259 g/mol. The molecule has 1 aromatic heterocycles. The predicted octanol–water partition coefficient (Wildman–Crippen LogP) is 1.81. The minimum atomic E-state index is -0.454. The zero-order valence-electron chi connectivity index (χ0n) is 11.4. The molecular formula is C15H15FN2O2. The van der Waals surface area contributed by atoms with Crippen molar-refractivity contribution in [1.82, 2.24) is 9.55 Å². The Hall–Kier alpha value is -2.30. The van der Waals surface area contributed by atoms with Gasteiger partial charge in [-0.05, 0) is 31.5 Å². The van der Waals surface area contributed by atoms with Crippen molar-refractivity contribution in [3.8, 4) is 0 Å². The van der Waals surface area contributed by atoms with Crippen molar-refractivity contribution in [2.24, 2.45) is 0 Å². The average Bonchev–Trinajstić information content (AvgIpc) is 2.36. The minimum Gasteiger partial charge on any atom is -0.297 e. The van der Waals surface area contributed by atoms with Gasteiger partial charge in [0.05, 0.1) is 6.54 Å². The molecule has 0 unspecified atom stereocenters. The van der Waals surface area contributed by atoms with Crippen LogP contribution in [0, 0.1) is 19.7 Å². The first kappa shape index (κ1) is 14.1. The van der Waals surface area contributed by atoms with Crippen LogP contribution in [-0.4, -0.2) is 15.3 Å². The summed E-state index contributed by atoms with van der Waals surface area (Å²) in [6, 6.07) is 7.86. The third-order valence-electron chi connectivity index (χ3n) is 3.03. The number of benzene rings is 1. The van der Waals surface area contributed by atoms with Gasteiger partial charge in [-0.15, -0.1) is 0 Å². The number of hydrogen-bond acceptors (Lipinski definition) is 3. The highest BCUT2D eigenvalue weighted by molar-refractivity contribution is 5.80. The maximum atomic E-state index is 13.5. The van der Waals surface area contributed by atoms with Crippen LogP contribution in [0.15, 0.2) is 35.1 Å². The first-order chi connectivity index (χ1) is 9.47. The fraction of sp³-hybridized carbons (Fsp3) is 0.267. The van der Waals surface area contributed by atoms with Crippen molar-refractivity contribution < 1.29 is 9.18 Å². The maximum absolute atomic E-state index is 13.5. The number of rotatable bonds is 4. The molecule has 2 rings (SSSR count). The summed E-state index contributed by atoms with van der Waals surface area (Å²) in [4.78, 5) is 27.5. The van der Waals surface area contributed by atoms with E-state index in [0.29, 0.717) is 17.0 Å². The number of carbonyl (C=O) groups is 1. The van der Waals surface area contributed by atoms with Crippen LogP contribution in [0.25, 0.3) is 0 Å². The lowest BCUT2D eigenvalue weighted by Gasteiger charge is -2.09. The molecule has 0 spiro atoms. The second-order valence-electron chi connectivity index (χ2n) is 4.71. The van der Waals surface area contributed by atoms with Crippen LogP contribution >= 0.6 is 0 Å². The Morgan fingerprint density at radius 2 is 2.00 bits per heavy atom. The fourth-order valence-electron chi connectivity index (χ4n) is 2.05. The summed E-state index contributed by atoms with van der Waals surface area (Å²) < 4.78 is 14.8. The summed E-state index contributed by atoms with van der Waals surface area (Å²) in [5, 5.41) is 0. The molecule has 104 valence electrons. The van der Waals surface area contributed by atoms with E-state index in [4.69, 9.17) is 0 Å². The first-order valence-corrected chi connectivity index (χ1v) is 6.27. The maximum Gasteiger partial charge on any atom is 0.348 e. The van der Waals surface area contributed by atoms with E-state index in [-0.39, 0.29) is 18.7 Å². The smallest absolute Gasteiger partial charge is 0.297 e. The second kappa shape index (κ2) is 5.77. The van der Waals surface area contributed by atoms with Crippen molar-refractivity contribution in [3.05, 3.63) is 63.6 Å². The largest absolute Gasteiger partial charge is 0.348 e. The van der Waals surface area contributed by atoms with E-state index in [9.17, 15) is 14.0 Å². The lowest BCUT2D eigenvalue weighted by molar-refractivity contribution is -0.119. The summed E-state index contributed by atoms with van der Waals surface area (Å²) in [6.45, 7) is 3.37. The van der Waals surface area contributed by atoms with Gasteiger partial charge in [-0.25, -0.2) is 9.18 Å². The van der Waals surface area contributed by atoms with Crippen LogP contribution in [0.2, 0.25) is 0 Å². The summed E-state index contributed by atoms with van der Waals surface area (Å²) in [6.07, 6.45) is -0.0353. The summed E-state index contributed by atoms with van der Waals surface area (Å²) >= 11 is 0. The fourth-order valence-corrected chi connectivity index (χ4v) is 2.05. The monoisotopic (exact) mass is 274 g/mol. The Kier molecular flexibility index (Phi) is 4.08. The van der Waals surface area contributed by atoms with E-state index >= 15 is 0 Å². The lowest BCUT2D eigenvalue weighted by atomic mass is 10.1. The van der Waals surface area contributed by atoms with Gasteiger partial charge < -0.3 is 0 Å². The number of aryl methyl sites for hydroxylation is 2. The quantitative estimate of drug-likeness (QED) is 0.854. The molecule has 1 aromatic carbocycles. The predicted molar refractivity (Wildman–Crippen MR) is 73.1 cm³/mol. The van der Waals surface area contributed by atoms with Crippen LogP contribution in [0.5, 0.6) is 0 Å². The Morgan fingerprint density at radius 3 is 2.65 bits per heavy atom. The number of Topliss-reactive ketones (excluding diaryl/α,β-unsaturated/α-hetero) is 1. The standard InChI is InChI=1S/C15H15FN2O2/c1-10-7-11(2)18(15(20)17-10)9-13(19)8-12-5-3-4-6-14(12)16/h3-7H,8-9H2,1-2H3. The molecule has 0 atom stereocenters. The summed E-state index contributed by atoms with van der Waals surface area (Å²) in [7, 11) is 0. The van der Waals surface area contributed by atoms with Crippen LogP contribution in [0.1, 0.15) is 17.0 Å². The zero-order valence-corrected chi connectivity index (χ0v) is 11.4. The van der Waals surface area contributed by atoms with Crippen molar-refractivity contribution in [3.63, 3.8) is 0 Å². The molecule has 4 nitrogen and oxygen atoms in total. The zero-order chi connectivity index (χ0) is 14.7. The highest BCUT2D eigenvalue weighted by Gasteiger charge is 2.11. The molecule has 1 heterocycles. The van der Waals surface area contributed by atoms with Crippen LogP contribution < -0.4 is 5.69 Å². The first-order valence-electron chi connectivity index (χ1n) is 6.27.